The van der Waals surface area contributed by atoms with Crippen molar-refractivity contribution in [2.45, 2.75) is 25.9 Å². The first-order chi connectivity index (χ1) is 7.66. The minimum absolute atomic E-state index is 0.197. The lowest BCUT2D eigenvalue weighted by atomic mass is 9.93. The Morgan fingerprint density at radius 3 is 3.06 bits per heavy atom. The van der Waals surface area contributed by atoms with E-state index in [2.05, 4.69) is 0 Å². The number of aliphatic hydroxyl groups excluding tert-OH is 1. The van der Waals surface area contributed by atoms with Gasteiger partial charge in [0.1, 0.15) is 5.82 Å². The van der Waals surface area contributed by atoms with Gasteiger partial charge in [0.2, 0.25) is 0 Å². The summed E-state index contributed by atoms with van der Waals surface area (Å²) in [4.78, 5) is 0. The van der Waals surface area contributed by atoms with Crippen LogP contribution < -0.4 is 0 Å². The smallest absolute Gasteiger partial charge is 0.123 e. The van der Waals surface area contributed by atoms with Crippen LogP contribution in [-0.2, 0) is 11.2 Å². The van der Waals surface area contributed by atoms with E-state index in [4.69, 9.17) is 4.74 Å². The first kappa shape index (κ1) is 11.6. The maximum Gasteiger partial charge on any atom is 0.123 e. The van der Waals surface area contributed by atoms with Crippen LogP contribution in [-0.4, -0.2) is 24.4 Å². The largest absolute Gasteiger partial charge is 0.392 e. The van der Waals surface area contributed by atoms with Crippen LogP contribution in [0.2, 0.25) is 0 Å². The van der Waals surface area contributed by atoms with Crippen molar-refractivity contribution in [3.63, 3.8) is 0 Å². The predicted molar refractivity (Wildman–Crippen MR) is 59.8 cm³/mol. The van der Waals surface area contributed by atoms with Gasteiger partial charge in [0.15, 0.2) is 0 Å². The highest BCUT2D eigenvalue weighted by Gasteiger charge is 2.24. The molecule has 0 saturated carbocycles. The number of aliphatic hydroxyl groups is 1. The summed E-state index contributed by atoms with van der Waals surface area (Å²) in [5, 5.41) is 10.0. The van der Waals surface area contributed by atoms with Crippen LogP contribution in [0.3, 0.4) is 0 Å². The molecule has 0 amide bonds. The van der Waals surface area contributed by atoms with E-state index in [0.29, 0.717) is 13.0 Å². The zero-order valence-electron chi connectivity index (χ0n) is 9.45. The monoisotopic (exact) mass is 224 g/mol. The fourth-order valence-corrected chi connectivity index (χ4v) is 2.11. The number of halogens is 1. The molecule has 0 bridgehead atoms. The molecule has 1 aromatic carbocycles. The maximum absolute atomic E-state index is 13.1. The molecule has 0 aromatic heterocycles. The van der Waals surface area contributed by atoms with Crippen LogP contribution in [0.5, 0.6) is 0 Å². The van der Waals surface area contributed by atoms with E-state index in [1.807, 2.05) is 6.92 Å². The van der Waals surface area contributed by atoms with Crippen molar-refractivity contribution in [2.24, 2.45) is 5.92 Å². The van der Waals surface area contributed by atoms with Crippen LogP contribution in [0.25, 0.3) is 0 Å². The van der Waals surface area contributed by atoms with Crippen molar-refractivity contribution in [2.75, 3.05) is 13.2 Å². The zero-order chi connectivity index (χ0) is 11.5. The Morgan fingerprint density at radius 1 is 1.56 bits per heavy atom. The summed E-state index contributed by atoms with van der Waals surface area (Å²) >= 11 is 0. The van der Waals surface area contributed by atoms with Gasteiger partial charge < -0.3 is 9.84 Å². The molecule has 1 fully saturated rings. The number of hydrogen-bond donors (Lipinski definition) is 1. The van der Waals surface area contributed by atoms with E-state index in [9.17, 15) is 9.50 Å². The zero-order valence-corrected chi connectivity index (χ0v) is 9.45. The molecule has 3 heteroatoms. The molecule has 0 radical (unpaired) electrons. The van der Waals surface area contributed by atoms with Crippen LogP contribution in [0, 0.1) is 18.7 Å². The molecule has 2 rings (SSSR count). The highest BCUT2D eigenvalue weighted by molar-refractivity contribution is 5.27. The molecular formula is C13H17FO2. The lowest BCUT2D eigenvalue weighted by Gasteiger charge is -2.17. The van der Waals surface area contributed by atoms with E-state index in [-0.39, 0.29) is 11.7 Å². The minimum atomic E-state index is -0.428. The standard InChI is InChI=1S/C13H17FO2/c1-9-2-3-12(14)6-11(9)7-13(15)10-4-5-16-8-10/h2-3,6,10,13,15H,4-5,7-8H2,1H3. The summed E-state index contributed by atoms with van der Waals surface area (Å²) < 4.78 is 18.3. The second-order valence-corrected chi connectivity index (χ2v) is 4.47. The van der Waals surface area contributed by atoms with Gasteiger partial charge in [0, 0.05) is 12.5 Å². The molecule has 1 saturated heterocycles. The molecule has 0 aliphatic carbocycles. The Kier molecular flexibility index (Phi) is 3.56. The molecule has 1 heterocycles. The molecule has 1 aliphatic rings. The van der Waals surface area contributed by atoms with E-state index in [0.717, 1.165) is 24.2 Å². The van der Waals surface area contributed by atoms with Crippen LogP contribution >= 0.6 is 0 Å². The molecular weight excluding hydrogens is 207 g/mol. The molecule has 1 aliphatic heterocycles. The molecule has 1 N–H and O–H groups in total. The van der Waals surface area contributed by atoms with Gasteiger partial charge >= 0.3 is 0 Å². The average Bonchev–Trinajstić information content (AvgIpc) is 2.76. The van der Waals surface area contributed by atoms with E-state index in [1.54, 1.807) is 6.07 Å². The van der Waals surface area contributed by atoms with Gasteiger partial charge in [-0.2, -0.15) is 0 Å². The molecule has 2 unspecified atom stereocenters. The van der Waals surface area contributed by atoms with Gasteiger partial charge in [-0.05, 0) is 43.0 Å². The van der Waals surface area contributed by atoms with E-state index >= 15 is 0 Å². The fourth-order valence-electron chi connectivity index (χ4n) is 2.11. The van der Waals surface area contributed by atoms with Gasteiger partial charge in [0.05, 0.1) is 12.7 Å². The van der Waals surface area contributed by atoms with E-state index < -0.39 is 6.10 Å². The van der Waals surface area contributed by atoms with Gasteiger partial charge in [-0.25, -0.2) is 4.39 Å². The number of hydrogen-bond acceptors (Lipinski definition) is 2. The molecule has 0 spiro atoms. The summed E-state index contributed by atoms with van der Waals surface area (Å²) in [6, 6.07) is 4.71. The highest BCUT2D eigenvalue weighted by Crippen LogP contribution is 2.21. The Balaban J connectivity index is 2.04. The summed E-state index contributed by atoms with van der Waals surface area (Å²) in [5.74, 6) is -0.0434. The van der Waals surface area contributed by atoms with Crippen molar-refractivity contribution in [1.29, 1.82) is 0 Å². The van der Waals surface area contributed by atoms with Crippen molar-refractivity contribution in [1.82, 2.24) is 0 Å². The number of aryl methyl sites for hydroxylation is 1. The second-order valence-electron chi connectivity index (χ2n) is 4.47. The van der Waals surface area contributed by atoms with Crippen molar-refractivity contribution in [3.8, 4) is 0 Å². The first-order valence-electron chi connectivity index (χ1n) is 5.67. The highest BCUT2D eigenvalue weighted by atomic mass is 19.1. The number of benzene rings is 1. The van der Waals surface area contributed by atoms with Gasteiger partial charge in [-0.1, -0.05) is 6.07 Å². The van der Waals surface area contributed by atoms with Crippen molar-refractivity contribution < 1.29 is 14.2 Å². The Labute approximate surface area is 95.1 Å². The van der Waals surface area contributed by atoms with Crippen LogP contribution in [0.15, 0.2) is 18.2 Å². The summed E-state index contributed by atoms with van der Waals surface area (Å²) in [7, 11) is 0. The normalized spacial score (nSPS) is 22.3. The number of ether oxygens (including phenoxy) is 1. The SMILES string of the molecule is Cc1ccc(F)cc1CC(O)C1CCOC1. The van der Waals surface area contributed by atoms with E-state index in [1.165, 1.54) is 12.1 Å². The Morgan fingerprint density at radius 2 is 2.38 bits per heavy atom. The third-order valence-electron chi connectivity index (χ3n) is 3.25. The third kappa shape index (κ3) is 2.60. The predicted octanol–water partition coefficient (Wildman–Crippen LogP) is 2.07. The molecule has 1 aromatic rings. The first-order valence-corrected chi connectivity index (χ1v) is 5.67. The van der Waals surface area contributed by atoms with Crippen molar-refractivity contribution >= 4 is 0 Å². The molecule has 16 heavy (non-hydrogen) atoms. The second kappa shape index (κ2) is 4.93. The van der Waals surface area contributed by atoms with Gasteiger partial charge in [0.25, 0.3) is 0 Å². The molecule has 2 nitrogen and oxygen atoms in total. The summed E-state index contributed by atoms with van der Waals surface area (Å²) in [5.41, 5.74) is 1.92. The lowest BCUT2D eigenvalue weighted by molar-refractivity contribution is 0.0917. The quantitative estimate of drug-likeness (QED) is 0.851. The molecule has 88 valence electrons. The Bertz CT molecular complexity index is 359. The van der Waals surface area contributed by atoms with Gasteiger partial charge in [-0.15, -0.1) is 0 Å². The number of rotatable bonds is 3. The topological polar surface area (TPSA) is 29.5 Å². The van der Waals surface area contributed by atoms with Crippen molar-refractivity contribution in [3.05, 3.63) is 35.1 Å². The summed E-state index contributed by atoms with van der Waals surface area (Å²) in [6.45, 7) is 3.28. The van der Waals surface area contributed by atoms with Gasteiger partial charge in [-0.3, -0.25) is 0 Å². The average molecular weight is 224 g/mol. The summed E-state index contributed by atoms with van der Waals surface area (Å²) in [6.07, 6.45) is 0.982. The maximum atomic E-state index is 13.1. The van der Waals surface area contributed by atoms with Crippen LogP contribution in [0.1, 0.15) is 17.5 Å². The molecule has 2 atom stereocenters. The minimum Gasteiger partial charge on any atom is -0.392 e. The van der Waals surface area contributed by atoms with Crippen LogP contribution in [0.4, 0.5) is 4.39 Å². The lowest BCUT2D eigenvalue weighted by Crippen LogP contribution is -2.23. The fraction of sp³-hybridized carbons (Fsp3) is 0.538. The third-order valence-corrected chi connectivity index (χ3v) is 3.25. The Hall–Kier alpha value is -0.930.